The van der Waals surface area contributed by atoms with E-state index in [2.05, 4.69) is 59.0 Å². The van der Waals surface area contributed by atoms with Crippen molar-refractivity contribution in [3.8, 4) is 0 Å². The zero-order valence-corrected chi connectivity index (χ0v) is 17.7. The molecule has 1 unspecified atom stereocenters. The summed E-state index contributed by atoms with van der Waals surface area (Å²) >= 11 is 1.85. The van der Waals surface area contributed by atoms with Crippen LogP contribution >= 0.6 is 11.3 Å². The minimum Gasteiger partial charge on any atom is -0.335 e. The van der Waals surface area contributed by atoms with E-state index >= 15 is 0 Å². The van der Waals surface area contributed by atoms with Crippen LogP contribution < -0.4 is 10.6 Å². The van der Waals surface area contributed by atoms with Gasteiger partial charge in [-0.3, -0.25) is 4.90 Å². The second kappa shape index (κ2) is 8.66. The second-order valence-corrected chi connectivity index (χ2v) is 9.57. The van der Waals surface area contributed by atoms with Gasteiger partial charge < -0.3 is 10.6 Å². The third kappa shape index (κ3) is 4.58. The maximum absolute atomic E-state index is 12.5. The third-order valence-corrected chi connectivity index (χ3v) is 7.08. The Morgan fingerprint density at radius 3 is 2.46 bits per heavy atom. The zero-order valence-electron chi connectivity index (χ0n) is 16.9. The third-order valence-electron chi connectivity index (χ3n) is 6.21. The van der Waals surface area contributed by atoms with E-state index in [0.717, 1.165) is 25.1 Å². The van der Waals surface area contributed by atoms with Crippen molar-refractivity contribution in [1.82, 2.24) is 10.2 Å². The standard InChI is InChI=1S/C23H31N3OS/c1-16(2)17-8-10-18(11-9-17)24-23(27)25-19-13-20-5-3-6-21(14-19)26(20)15-22-7-4-12-28-22/h4,7-12,16,19-21H,3,5-6,13-15H2,1-2H3,(H2,24,25,27)/t19?,20-,21+. The number of carbonyl (C=O) groups excluding carboxylic acids is 1. The molecular weight excluding hydrogens is 366 g/mol. The van der Waals surface area contributed by atoms with Crippen molar-refractivity contribution in [3.05, 3.63) is 52.2 Å². The lowest BCUT2D eigenvalue weighted by Gasteiger charge is -2.48. The first-order valence-electron chi connectivity index (χ1n) is 10.5. The predicted molar refractivity (Wildman–Crippen MR) is 117 cm³/mol. The van der Waals surface area contributed by atoms with Crippen LogP contribution in [0.4, 0.5) is 10.5 Å². The van der Waals surface area contributed by atoms with Crippen LogP contribution in [0.15, 0.2) is 41.8 Å². The Hall–Kier alpha value is -1.85. The number of nitrogens with zero attached hydrogens (tertiary/aromatic N) is 1. The molecule has 2 aliphatic heterocycles. The van der Waals surface area contributed by atoms with Crippen molar-refractivity contribution in [2.45, 2.75) is 76.5 Å². The average Bonchev–Trinajstić information content (AvgIpc) is 3.16. The molecule has 0 saturated carbocycles. The molecule has 2 amide bonds. The van der Waals surface area contributed by atoms with Crippen LogP contribution in [0.3, 0.4) is 0 Å². The van der Waals surface area contributed by atoms with E-state index in [4.69, 9.17) is 0 Å². The Bertz CT molecular complexity index is 758. The van der Waals surface area contributed by atoms with Gasteiger partial charge in [-0.25, -0.2) is 4.79 Å². The fourth-order valence-corrected chi connectivity index (χ4v) is 5.45. The van der Waals surface area contributed by atoms with Gasteiger partial charge in [-0.1, -0.05) is 38.5 Å². The van der Waals surface area contributed by atoms with Crippen LogP contribution in [0.5, 0.6) is 0 Å². The maximum Gasteiger partial charge on any atom is 0.319 e. The summed E-state index contributed by atoms with van der Waals surface area (Å²) in [6.45, 7) is 5.42. The molecule has 1 aromatic carbocycles. The Labute approximate surface area is 172 Å². The summed E-state index contributed by atoms with van der Waals surface area (Å²) in [5.74, 6) is 0.502. The van der Waals surface area contributed by atoms with E-state index in [1.165, 1.54) is 29.7 Å². The Balaban J connectivity index is 1.32. The highest BCUT2D eigenvalue weighted by Gasteiger charge is 2.38. The van der Waals surface area contributed by atoms with Gasteiger partial charge in [-0.05, 0) is 60.7 Å². The molecule has 4 nitrogen and oxygen atoms in total. The molecule has 2 aliphatic rings. The molecule has 2 aromatic rings. The van der Waals surface area contributed by atoms with Gasteiger partial charge in [0.2, 0.25) is 0 Å². The van der Waals surface area contributed by atoms with E-state index < -0.39 is 0 Å². The molecule has 3 heterocycles. The summed E-state index contributed by atoms with van der Waals surface area (Å²) in [5.41, 5.74) is 2.15. The van der Waals surface area contributed by atoms with Gasteiger partial charge in [-0.2, -0.15) is 0 Å². The zero-order chi connectivity index (χ0) is 19.5. The summed E-state index contributed by atoms with van der Waals surface area (Å²) in [5, 5.41) is 8.41. The van der Waals surface area contributed by atoms with E-state index in [9.17, 15) is 4.79 Å². The molecule has 2 N–H and O–H groups in total. The Morgan fingerprint density at radius 2 is 1.86 bits per heavy atom. The second-order valence-electron chi connectivity index (χ2n) is 8.53. The van der Waals surface area contributed by atoms with Gasteiger partial charge in [0.1, 0.15) is 0 Å². The molecule has 5 heteroatoms. The quantitative estimate of drug-likeness (QED) is 0.692. The number of thiophene rings is 1. The number of amides is 2. The van der Waals surface area contributed by atoms with Gasteiger partial charge >= 0.3 is 6.03 Å². The largest absolute Gasteiger partial charge is 0.335 e. The van der Waals surface area contributed by atoms with E-state index in [1.807, 2.05) is 23.5 Å². The first-order valence-corrected chi connectivity index (χ1v) is 11.4. The van der Waals surface area contributed by atoms with E-state index in [-0.39, 0.29) is 12.1 Å². The Kier molecular flexibility index (Phi) is 6.02. The number of carbonyl (C=O) groups is 1. The summed E-state index contributed by atoms with van der Waals surface area (Å²) in [6.07, 6.45) is 5.93. The van der Waals surface area contributed by atoms with Crippen molar-refractivity contribution < 1.29 is 4.79 Å². The molecule has 0 spiro atoms. The molecule has 0 radical (unpaired) electrons. The molecule has 4 rings (SSSR count). The normalized spacial score (nSPS) is 24.9. The van der Waals surface area contributed by atoms with Gasteiger partial charge in [0.25, 0.3) is 0 Å². The lowest BCUT2D eigenvalue weighted by Crippen LogP contribution is -2.56. The van der Waals surface area contributed by atoms with Crippen LogP contribution in [0.2, 0.25) is 0 Å². The van der Waals surface area contributed by atoms with Gasteiger partial charge in [0.05, 0.1) is 0 Å². The number of piperidine rings is 2. The van der Waals surface area contributed by atoms with E-state index in [1.54, 1.807) is 0 Å². The summed E-state index contributed by atoms with van der Waals surface area (Å²) < 4.78 is 0. The van der Waals surface area contributed by atoms with Crippen LogP contribution in [-0.2, 0) is 6.54 Å². The molecule has 150 valence electrons. The SMILES string of the molecule is CC(C)c1ccc(NC(=O)NC2C[C@H]3CCC[C@@H](C2)N3Cc2cccs2)cc1. The highest BCUT2D eigenvalue weighted by molar-refractivity contribution is 7.09. The molecule has 2 bridgehead atoms. The fourth-order valence-electron chi connectivity index (χ4n) is 4.74. The lowest BCUT2D eigenvalue weighted by molar-refractivity contribution is 0.0208. The number of rotatable bonds is 5. The topological polar surface area (TPSA) is 44.4 Å². The predicted octanol–water partition coefficient (Wildman–Crippen LogP) is 5.58. The summed E-state index contributed by atoms with van der Waals surface area (Å²) in [4.78, 5) is 16.7. The number of hydrogen-bond donors (Lipinski definition) is 2. The number of fused-ring (bicyclic) bond motifs is 2. The molecule has 2 saturated heterocycles. The number of nitrogens with one attached hydrogen (secondary N) is 2. The van der Waals surface area contributed by atoms with Crippen molar-refractivity contribution in [2.24, 2.45) is 0 Å². The van der Waals surface area contributed by atoms with Gasteiger partial charge in [0.15, 0.2) is 0 Å². The molecule has 28 heavy (non-hydrogen) atoms. The van der Waals surface area contributed by atoms with Crippen molar-refractivity contribution >= 4 is 23.1 Å². The molecule has 0 aliphatic carbocycles. The smallest absolute Gasteiger partial charge is 0.319 e. The van der Waals surface area contributed by atoms with Gasteiger partial charge in [0, 0.05) is 35.2 Å². The number of hydrogen-bond acceptors (Lipinski definition) is 3. The van der Waals surface area contributed by atoms with Crippen molar-refractivity contribution in [2.75, 3.05) is 5.32 Å². The summed E-state index contributed by atoms with van der Waals surface area (Å²) in [7, 11) is 0. The Morgan fingerprint density at radius 1 is 1.14 bits per heavy atom. The van der Waals surface area contributed by atoms with Crippen molar-refractivity contribution in [3.63, 3.8) is 0 Å². The first-order chi connectivity index (χ1) is 13.6. The van der Waals surface area contributed by atoms with Gasteiger partial charge in [-0.15, -0.1) is 11.3 Å². The lowest BCUT2D eigenvalue weighted by atomic mass is 9.81. The summed E-state index contributed by atoms with van der Waals surface area (Å²) in [6, 6.07) is 13.9. The van der Waals surface area contributed by atoms with Crippen LogP contribution in [-0.4, -0.2) is 29.1 Å². The monoisotopic (exact) mass is 397 g/mol. The highest BCUT2D eigenvalue weighted by atomic mass is 32.1. The molecule has 2 fully saturated rings. The van der Waals surface area contributed by atoms with E-state index in [0.29, 0.717) is 18.0 Å². The molecular formula is C23H31N3OS. The number of urea groups is 1. The average molecular weight is 398 g/mol. The maximum atomic E-state index is 12.5. The first kappa shape index (κ1) is 19.5. The van der Waals surface area contributed by atoms with Crippen LogP contribution in [0, 0.1) is 0 Å². The number of benzene rings is 1. The van der Waals surface area contributed by atoms with Crippen LogP contribution in [0.25, 0.3) is 0 Å². The minimum atomic E-state index is -0.0768. The molecule has 1 aromatic heterocycles. The highest BCUT2D eigenvalue weighted by Crippen LogP contribution is 2.35. The molecule has 3 atom stereocenters. The minimum absolute atomic E-state index is 0.0768. The van der Waals surface area contributed by atoms with Crippen LogP contribution in [0.1, 0.15) is 62.3 Å². The number of anilines is 1. The fraction of sp³-hybridized carbons (Fsp3) is 0.522. The van der Waals surface area contributed by atoms with Crippen molar-refractivity contribution in [1.29, 1.82) is 0 Å².